The number of ketones is 3. The molecule has 0 saturated heterocycles. The van der Waals surface area contributed by atoms with Gasteiger partial charge in [-0.2, -0.15) is 0 Å². The number of Topliss-reactive ketones (excluding diaryl/α,β-unsaturated/α-hetero) is 2. The molecule has 9 nitrogen and oxygen atoms in total. The number of benzene rings is 2. The van der Waals surface area contributed by atoms with Crippen LogP contribution in [0.5, 0.6) is 23.0 Å². The molecule has 1 amide bonds. The van der Waals surface area contributed by atoms with E-state index in [9.17, 15) is 24.3 Å². The second-order valence-corrected chi connectivity index (χ2v) is 10.4. The highest BCUT2D eigenvalue weighted by atomic mass is 16.5. The minimum absolute atomic E-state index is 0.00850. The second kappa shape index (κ2) is 10.8. The van der Waals surface area contributed by atoms with E-state index in [1.165, 1.54) is 20.1 Å². The molecule has 2 aliphatic rings. The zero-order valence-corrected chi connectivity index (χ0v) is 24.5. The molecule has 2 aromatic carbocycles. The van der Waals surface area contributed by atoms with Crippen molar-refractivity contribution in [1.82, 2.24) is 5.32 Å². The number of fused-ring (bicyclic) bond motifs is 3. The Hall–Kier alpha value is -4.58. The van der Waals surface area contributed by atoms with Gasteiger partial charge in [-0.3, -0.25) is 19.2 Å². The van der Waals surface area contributed by atoms with Gasteiger partial charge in [-0.05, 0) is 76.3 Å². The summed E-state index contributed by atoms with van der Waals surface area (Å²) in [5.41, 5.74) is 3.02. The average molecular weight is 560 g/mol. The molecule has 4 rings (SSSR count). The van der Waals surface area contributed by atoms with E-state index < -0.39 is 34.6 Å². The van der Waals surface area contributed by atoms with E-state index in [-0.39, 0.29) is 47.3 Å². The standard InChI is InChI=1S/C32H33NO8/c1-9-10-11-40-28-17(4)15(2)20(16(3)18(28)5)14-33-31(38)26-23(39-8)12-22(36)27-29(26)41-24-13-21(35)25(19(6)34)30(37)32(24,27)7/h12-13,25,36H,11,14H2,1-8H3,(H,33,38)/t25?,32-/m1/s1. The van der Waals surface area contributed by atoms with Crippen LogP contribution in [-0.2, 0) is 26.3 Å². The predicted octanol–water partition coefficient (Wildman–Crippen LogP) is 3.86. The van der Waals surface area contributed by atoms with E-state index in [0.717, 1.165) is 46.6 Å². The Morgan fingerprint density at radius 2 is 1.76 bits per heavy atom. The van der Waals surface area contributed by atoms with Gasteiger partial charge in [0.05, 0.1) is 12.7 Å². The van der Waals surface area contributed by atoms with Crippen molar-refractivity contribution in [3.05, 3.63) is 56.8 Å². The molecule has 0 radical (unpaired) electrons. The van der Waals surface area contributed by atoms with Gasteiger partial charge in [0.15, 0.2) is 17.3 Å². The molecule has 9 heteroatoms. The summed E-state index contributed by atoms with van der Waals surface area (Å²) in [6, 6.07) is 1.23. The zero-order valence-electron chi connectivity index (χ0n) is 24.5. The number of amides is 1. The van der Waals surface area contributed by atoms with Crippen molar-refractivity contribution in [3.63, 3.8) is 0 Å². The Bertz CT molecular complexity index is 1590. The molecule has 1 unspecified atom stereocenters. The van der Waals surface area contributed by atoms with Gasteiger partial charge in [0.25, 0.3) is 5.91 Å². The Morgan fingerprint density at radius 1 is 1.12 bits per heavy atom. The maximum Gasteiger partial charge on any atom is 0.259 e. The Kier molecular flexibility index (Phi) is 7.72. The van der Waals surface area contributed by atoms with Crippen molar-refractivity contribution in [2.45, 2.75) is 60.4 Å². The third kappa shape index (κ3) is 4.53. The lowest BCUT2D eigenvalue weighted by molar-refractivity contribution is -0.140. The van der Waals surface area contributed by atoms with E-state index in [1.54, 1.807) is 6.92 Å². The number of methoxy groups -OCH3 is 1. The van der Waals surface area contributed by atoms with Crippen LogP contribution in [0, 0.1) is 45.5 Å². The third-order valence-corrected chi connectivity index (χ3v) is 8.20. The smallest absolute Gasteiger partial charge is 0.259 e. The molecular weight excluding hydrogens is 526 g/mol. The largest absolute Gasteiger partial charge is 0.507 e. The first kappa shape index (κ1) is 29.4. The summed E-state index contributed by atoms with van der Waals surface area (Å²) in [5, 5.41) is 13.9. The SMILES string of the molecule is CC#CCOc1c(C)c(C)c(CNC(=O)c2c(OC)cc(O)c3c2OC2=CC(=O)C(C(C)=O)C(=O)[C@]23C)c(C)c1C. The first-order chi connectivity index (χ1) is 19.3. The molecule has 2 N–H and O–H groups in total. The first-order valence-electron chi connectivity index (χ1n) is 13.1. The van der Waals surface area contributed by atoms with Crippen molar-refractivity contribution in [2.24, 2.45) is 5.92 Å². The van der Waals surface area contributed by atoms with E-state index in [1.807, 2.05) is 27.7 Å². The number of hydrogen-bond donors (Lipinski definition) is 2. The van der Waals surface area contributed by atoms with Gasteiger partial charge in [-0.1, -0.05) is 5.92 Å². The minimum atomic E-state index is -1.63. The Balaban J connectivity index is 1.75. The average Bonchev–Trinajstić information content (AvgIpc) is 3.22. The molecule has 1 aliphatic heterocycles. The molecule has 41 heavy (non-hydrogen) atoms. The monoisotopic (exact) mass is 559 g/mol. The summed E-state index contributed by atoms with van der Waals surface area (Å²) in [4.78, 5) is 51.9. The van der Waals surface area contributed by atoms with Crippen LogP contribution in [0.4, 0.5) is 0 Å². The van der Waals surface area contributed by atoms with Gasteiger partial charge >= 0.3 is 0 Å². The lowest BCUT2D eigenvalue weighted by atomic mass is 9.67. The lowest BCUT2D eigenvalue weighted by Crippen LogP contribution is -2.47. The van der Waals surface area contributed by atoms with Gasteiger partial charge in [0.2, 0.25) is 0 Å². The second-order valence-electron chi connectivity index (χ2n) is 10.4. The van der Waals surface area contributed by atoms with E-state index >= 15 is 0 Å². The normalized spacial score (nSPS) is 18.8. The van der Waals surface area contributed by atoms with Gasteiger partial charge < -0.3 is 24.6 Å². The number of phenolic OH excluding ortho intramolecular Hbond substituents is 1. The number of nitrogens with one attached hydrogen (secondary N) is 1. The minimum Gasteiger partial charge on any atom is -0.507 e. The molecule has 0 bridgehead atoms. The van der Waals surface area contributed by atoms with Crippen LogP contribution in [0.2, 0.25) is 0 Å². The fourth-order valence-electron chi connectivity index (χ4n) is 5.63. The zero-order chi connectivity index (χ0) is 30.4. The van der Waals surface area contributed by atoms with E-state index in [2.05, 4.69) is 17.2 Å². The quantitative estimate of drug-likeness (QED) is 0.387. The number of rotatable bonds is 7. The summed E-state index contributed by atoms with van der Waals surface area (Å²) < 4.78 is 17.3. The van der Waals surface area contributed by atoms with Gasteiger partial charge in [-0.25, -0.2) is 0 Å². The number of hydrogen-bond acceptors (Lipinski definition) is 8. The number of ether oxygens (including phenoxy) is 3. The van der Waals surface area contributed by atoms with E-state index in [0.29, 0.717) is 0 Å². The van der Waals surface area contributed by atoms with Crippen molar-refractivity contribution in [1.29, 1.82) is 0 Å². The Morgan fingerprint density at radius 3 is 2.32 bits per heavy atom. The van der Waals surface area contributed by atoms with Crippen LogP contribution < -0.4 is 19.5 Å². The maximum atomic E-state index is 13.7. The molecule has 0 saturated carbocycles. The topological polar surface area (TPSA) is 128 Å². The molecule has 0 fully saturated rings. The molecule has 2 aromatic rings. The van der Waals surface area contributed by atoms with Gasteiger partial charge in [-0.15, -0.1) is 5.92 Å². The van der Waals surface area contributed by atoms with Gasteiger partial charge in [0, 0.05) is 18.7 Å². The highest BCUT2D eigenvalue weighted by Crippen LogP contribution is 2.56. The highest BCUT2D eigenvalue weighted by molar-refractivity contribution is 6.27. The van der Waals surface area contributed by atoms with Crippen molar-refractivity contribution < 1.29 is 38.5 Å². The third-order valence-electron chi connectivity index (χ3n) is 8.20. The van der Waals surface area contributed by atoms with Gasteiger partial charge in [0.1, 0.15) is 52.3 Å². The molecule has 214 valence electrons. The summed E-state index contributed by atoms with van der Waals surface area (Å²) in [7, 11) is 1.34. The molecule has 0 spiro atoms. The number of carbonyl (C=O) groups excluding carboxylic acids is 4. The molecule has 1 aliphatic carbocycles. The van der Waals surface area contributed by atoms with Crippen LogP contribution in [0.25, 0.3) is 0 Å². The Labute approximate surface area is 238 Å². The number of aromatic hydroxyl groups is 1. The molecule has 2 atom stereocenters. The maximum absolute atomic E-state index is 13.7. The van der Waals surface area contributed by atoms with E-state index in [4.69, 9.17) is 14.2 Å². The summed E-state index contributed by atoms with van der Waals surface area (Å²) >= 11 is 0. The molecule has 1 heterocycles. The summed E-state index contributed by atoms with van der Waals surface area (Å²) in [6.07, 6.45) is 1.09. The van der Waals surface area contributed by atoms with Crippen LogP contribution in [-0.4, -0.2) is 42.1 Å². The van der Waals surface area contributed by atoms with Crippen LogP contribution in [0.15, 0.2) is 17.9 Å². The van der Waals surface area contributed by atoms with Crippen molar-refractivity contribution >= 4 is 23.3 Å². The van der Waals surface area contributed by atoms with Crippen LogP contribution in [0.1, 0.15) is 64.5 Å². The fourth-order valence-corrected chi connectivity index (χ4v) is 5.63. The molecular formula is C32H33NO8. The lowest BCUT2D eigenvalue weighted by Gasteiger charge is -2.30. The first-order valence-corrected chi connectivity index (χ1v) is 13.1. The number of allylic oxidation sites excluding steroid dienone is 2. The van der Waals surface area contributed by atoms with Crippen molar-refractivity contribution in [3.8, 4) is 34.8 Å². The fraction of sp³-hybridized carbons (Fsp3) is 0.375. The summed E-state index contributed by atoms with van der Waals surface area (Å²) in [5.74, 6) is 1.86. The van der Waals surface area contributed by atoms with Crippen LogP contribution in [0.3, 0.4) is 0 Å². The van der Waals surface area contributed by atoms with Crippen molar-refractivity contribution in [2.75, 3.05) is 13.7 Å². The summed E-state index contributed by atoms with van der Waals surface area (Å²) in [6.45, 7) is 12.6. The predicted molar refractivity (Wildman–Crippen MR) is 150 cm³/mol. The number of phenols is 1. The molecule has 0 aromatic heterocycles. The highest BCUT2D eigenvalue weighted by Gasteiger charge is 2.58. The van der Waals surface area contributed by atoms with Crippen LogP contribution >= 0.6 is 0 Å². The number of carbonyl (C=O) groups is 4.